The summed E-state index contributed by atoms with van der Waals surface area (Å²) in [5.41, 5.74) is 2.24. The number of fused-ring (bicyclic) bond motifs is 1. The van der Waals surface area contributed by atoms with E-state index in [-0.39, 0.29) is 0 Å². The number of methoxy groups -OCH3 is 3. The predicted molar refractivity (Wildman–Crippen MR) is 124 cm³/mol. The van der Waals surface area contributed by atoms with Gasteiger partial charge in [0.05, 0.1) is 27.5 Å². The summed E-state index contributed by atoms with van der Waals surface area (Å²) in [7, 11) is 4.85. The molecule has 0 bridgehead atoms. The standard InChI is InChI=1S/C25H29N3O3/c1-29-23-12-11-20(24(30-2)25(23)31-3)17-26-28-15-13-27(14-16-28)18-21-9-6-8-19-7-4-5-10-22(19)21/h4-12,17H,13-16,18H2,1-3H3. The van der Waals surface area contributed by atoms with Crippen LogP contribution in [-0.2, 0) is 6.54 Å². The summed E-state index contributed by atoms with van der Waals surface area (Å²) in [5, 5.41) is 9.43. The molecule has 3 aromatic carbocycles. The highest BCUT2D eigenvalue weighted by molar-refractivity contribution is 5.86. The number of rotatable bonds is 7. The first-order valence-electron chi connectivity index (χ1n) is 10.5. The Morgan fingerprint density at radius 3 is 2.29 bits per heavy atom. The summed E-state index contributed by atoms with van der Waals surface area (Å²) in [6, 6.07) is 18.9. The van der Waals surface area contributed by atoms with Gasteiger partial charge in [-0.25, -0.2) is 0 Å². The quantitative estimate of drug-likeness (QED) is 0.542. The molecule has 1 heterocycles. The molecule has 4 rings (SSSR count). The second-order valence-electron chi connectivity index (χ2n) is 7.54. The zero-order valence-corrected chi connectivity index (χ0v) is 18.4. The third-order valence-corrected chi connectivity index (χ3v) is 5.72. The fourth-order valence-electron chi connectivity index (χ4n) is 4.05. The Bertz CT molecular complexity index is 1050. The van der Waals surface area contributed by atoms with E-state index in [4.69, 9.17) is 14.2 Å². The second-order valence-corrected chi connectivity index (χ2v) is 7.54. The van der Waals surface area contributed by atoms with Gasteiger partial charge in [0.2, 0.25) is 5.75 Å². The van der Waals surface area contributed by atoms with Gasteiger partial charge in [0.15, 0.2) is 11.5 Å². The van der Waals surface area contributed by atoms with Crippen molar-refractivity contribution in [1.29, 1.82) is 0 Å². The van der Waals surface area contributed by atoms with E-state index in [0.29, 0.717) is 17.2 Å². The minimum Gasteiger partial charge on any atom is -0.493 e. The molecule has 0 saturated carbocycles. The van der Waals surface area contributed by atoms with Gasteiger partial charge in [-0.05, 0) is 28.5 Å². The van der Waals surface area contributed by atoms with Crippen molar-refractivity contribution < 1.29 is 14.2 Å². The maximum Gasteiger partial charge on any atom is 0.203 e. The Kier molecular flexibility index (Phi) is 6.57. The van der Waals surface area contributed by atoms with Gasteiger partial charge in [-0.2, -0.15) is 5.10 Å². The van der Waals surface area contributed by atoms with Gasteiger partial charge in [-0.3, -0.25) is 9.91 Å². The Morgan fingerprint density at radius 1 is 0.806 bits per heavy atom. The van der Waals surface area contributed by atoms with Crippen molar-refractivity contribution in [2.75, 3.05) is 47.5 Å². The molecule has 3 aromatic rings. The lowest BCUT2D eigenvalue weighted by atomic mass is 10.0. The fraction of sp³-hybridized carbons (Fsp3) is 0.320. The minimum absolute atomic E-state index is 0.578. The Labute approximate surface area is 183 Å². The highest BCUT2D eigenvalue weighted by Gasteiger charge is 2.18. The first-order valence-corrected chi connectivity index (χ1v) is 10.5. The lowest BCUT2D eigenvalue weighted by molar-refractivity contribution is 0.131. The van der Waals surface area contributed by atoms with Crippen molar-refractivity contribution in [1.82, 2.24) is 9.91 Å². The molecule has 0 aliphatic carbocycles. The maximum absolute atomic E-state index is 5.55. The van der Waals surface area contributed by atoms with Crippen LogP contribution in [0.4, 0.5) is 0 Å². The molecule has 1 fully saturated rings. The SMILES string of the molecule is COc1ccc(C=NN2CCN(Cc3cccc4ccccc34)CC2)c(OC)c1OC. The normalized spacial score (nSPS) is 14.9. The Balaban J connectivity index is 1.40. The van der Waals surface area contributed by atoms with Crippen LogP contribution in [-0.4, -0.2) is 63.6 Å². The van der Waals surface area contributed by atoms with Crippen molar-refractivity contribution in [3.05, 3.63) is 65.7 Å². The number of hydrazone groups is 1. The highest BCUT2D eigenvalue weighted by atomic mass is 16.5. The van der Waals surface area contributed by atoms with Gasteiger partial charge < -0.3 is 14.2 Å². The van der Waals surface area contributed by atoms with Crippen LogP contribution in [0.1, 0.15) is 11.1 Å². The molecule has 0 aromatic heterocycles. The lowest BCUT2D eigenvalue weighted by Crippen LogP contribution is -2.43. The third-order valence-electron chi connectivity index (χ3n) is 5.72. The minimum atomic E-state index is 0.578. The van der Waals surface area contributed by atoms with Crippen LogP contribution < -0.4 is 14.2 Å². The van der Waals surface area contributed by atoms with Gasteiger partial charge in [0.1, 0.15) is 0 Å². The largest absolute Gasteiger partial charge is 0.493 e. The Hall–Kier alpha value is -3.25. The van der Waals surface area contributed by atoms with E-state index in [2.05, 4.69) is 57.5 Å². The molecule has 6 heteroatoms. The number of benzene rings is 3. The van der Waals surface area contributed by atoms with Crippen LogP contribution in [0.5, 0.6) is 17.2 Å². The molecule has 0 amide bonds. The van der Waals surface area contributed by atoms with Crippen molar-refractivity contribution >= 4 is 17.0 Å². The van der Waals surface area contributed by atoms with E-state index in [1.807, 2.05) is 18.3 Å². The van der Waals surface area contributed by atoms with Crippen molar-refractivity contribution in [3.63, 3.8) is 0 Å². The summed E-state index contributed by atoms with van der Waals surface area (Å²) in [5.74, 6) is 1.84. The number of ether oxygens (including phenoxy) is 3. The van der Waals surface area contributed by atoms with Gasteiger partial charge >= 0.3 is 0 Å². The first-order chi connectivity index (χ1) is 15.2. The Morgan fingerprint density at radius 2 is 1.55 bits per heavy atom. The zero-order valence-electron chi connectivity index (χ0n) is 18.4. The van der Waals surface area contributed by atoms with Gasteiger partial charge in [0, 0.05) is 38.3 Å². The highest BCUT2D eigenvalue weighted by Crippen LogP contribution is 2.39. The van der Waals surface area contributed by atoms with Crippen molar-refractivity contribution in [3.8, 4) is 17.2 Å². The van der Waals surface area contributed by atoms with E-state index in [0.717, 1.165) is 38.3 Å². The van der Waals surface area contributed by atoms with Gasteiger partial charge in [0.25, 0.3) is 0 Å². The smallest absolute Gasteiger partial charge is 0.203 e. The van der Waals surface area contributed by atoms with Gasteiger partial charge in [-0.15, -0.1) is 0 Å². The molecule has 1 aliphatic heterocycles. The van der Waals surface area contributed by atoms with E-state index in [1.54, 1.807) is 21.3 Å². The van der Waals surface area contributed by atoms with E-state index >= 15 is 0 Å². The monoisotopic (exact) mass is 419 g/mol. The summed E-state index contributed by atoms with van der Waals surface area (Å²) in [4.78, 5) is 2.49. The van der Waals surface area contributed by atoms with E-state index in [9.17, 15) is 0 Å². The van der Waals surface area contributed by atoms with Crippen LogP contribution in [0.2, 0.25) is 0 Å². The van der Waals surface area contributed by atoms with Crippen LogP contribution in [0.15, 0.2) is 59.7 Å². The number of piperazine rings is 1. The summed E-state index contributed by atoms with van der Waals surface area (Å²) < 4.78 is 16.4. The van der Waals surface area contributed by atoms with Crippen LogP contribution in [0.25, 0.3) is 10.8 Å². The predicted octanol–water partition coefficient (Wildman–Crippen LogP) is 4.02. The fourth-order valence-corrected chi connectivity index (χ4v) is 4.05. The van der Waals surface area contributed by atoms with Crippen molar-refractivity contribution in [2.45, 2.75) is 6.54 Å². The molecule has 0 N–H and O–H groups in total. The third kappa shape index (κ3) is 4.59. The molecule has 0 atom stereocenters. The lowest BCUT2D eigenvalue weighted by Gasteiger charge is -2.33. The molecular weight excluding hydrogens is 390 g/mol. The van der Waals surface area contributed by atoms with E-state index in [1.165, 1.54) is 16.3 Å². The summed E-state index contributed by atoms with van der Waals surface area (Å²) >= 11 is 0. The van der Waals surface area contributed by atoms with Crippen LogP contribution >= 0.6 is 0 Å². The molecule has 0 spiro atoms. The molecule has 0 radical (unpaired) electrons. The molecule has 1 aliphatic rings. The number of hydrogen-bond acceptors (Lipinski definition) is 6. The molecule has 1 saturated heterocycles. The van der Waals surface area contributed by atoms with Crippen LogP contribution in [0, 0.1) is 0 Å². The molecule has 31 heavy (non-hydrogen) atoms. The average molecular weight is 420 g/mol. The zero-order chi connectivity index (χ0) is 21.6. The molecule has 6 nitrogen and oxygen atoms in total. The first kappa shape index (κ1) is 21.0. The van der Waals surface area contributed by atoms with E-state index < -0.39 is 0 Å². The topological polar surface area (TPSA) is 46.5 Å². The average Bonchev–Trinajstić information content (AvgIpc) is 2.83. The van der Waals surface area contributed by atoms with Gasteiger partial charge in [-0.1, -0.05) is 42.5 Å². The summed E-state index contributed by atoms with van der Waals surface area (Å²) in [6.07, 6.45) is 1.83. The van der Waals surface area contributed by atoms with Crippen LogP contribution in [0.3, 0.4) is 0 Å². The van der Waals surface area contributed by atoms with Crippen molar-refractivity contribution in [2.24, 2.45) is 5.10 Å². The summed E-state index contributed by atoms with van der Waals surface area (Å²) in [6.45, 7) is 4.68. The molecule has 0 unspecified atom stereocenters. The maximum atomic E-state index is 5.55. The number of nitrogens with zero attached hydrogens (tertiary/aromatic N) is 3. The number of hydrogen-bond donors (Lipinski definition) is 0. The molecule has 162 valence electrons. The second kappa shape index (κ2) is 9.71. The molecular formula is C25H29N3O3.